The lowest BCUT2D eigenvalue weighted by atomic mass is 9.98. The van der Waals surface area contributed by atoms with Gasteiger partial charge in [-0.2, -0.15) is 0 Å². The summed E-state index contributed by atoms with van der Waals surface area (Å²) in [5, 5.41) is 23.1. The first kappa shape index (κ1) is 14.5. The van der Waals surface area contributed by atoms with Gasteiger partial charge in [0.05, 0.1) is 12.6 Å². The molecule has 3 N–H and O–H groups in total. The van der Waals surface area contributed by atoms with Gasteiger partial charge in [0, 0.05) is 19.6 Å². The molecule has 2 unspecified atom stereocenters. The normalized spacial score (nSPS) is 24.1. The SMILES string of the molecule is CCc1ccc(C2CNCCN2C(C)(O)CO)cc1. The van der Waals surface area contributed by atoms with E-state index in [9.17, 15) is 10.2 Å². The smallest absolute Gasteiger partial charge is 0.139 e. The Morgan fingerprint density at radius 3 is 2.63 bits per heavy atom. The fourth-order valence-corrected chi connectivity index (χ4v) is 2.65. The van der Waals surface area contributed by atoms with Crippen molar-refractivity contribution in [2.24, 2.45) is 0 Å². The highest BCUT2D eigenvalue weighted by Crippen LogP contribution is 2.28. The Morgan fingerprint density at radius 2 is 2.05 bits per heavy atom. The van der Waals surface area contributed by atoms with Crippen LogP contribution in [0.3, 0.4) is 0 Å². The molecule has 1 aromatic carbocycles. The van der Waals surface area contributed by atoms with E-state index < -0.39 is 5.72 Å². The second-order valence-electron chi connectivity index (χ2n) is 5.38. The van der Waals surface area contributed by atoms with Gasteiger partial charge in [0.25, 0.3) is 0 Å². The Balaban J connectivity index is 2.23. The zero-order chi connectivity index (χ0) is 13.9. The summed E-state index contributed by atoms with van der Waals surface area (Å²) < 4.78 is 0. The zero-order valence-corrected chi connectivity index (χ0v) is 11.8. The third-order valence-electron chi connectivity index (χ3n) is 3.93. The van der Waals surface area contributed by atoms with Crippen molar-refractivity contribution < 1.29 is 10.2 Å². The molecule has 1 aliphatic rings. The molecule has 0 spiro atoms. The van der Waals surface area contributed by atoms with E-state index in [4.69, 9.17) is 0 Å². The van der Waals surface area contributed by atoms with E-state index in [2.05, 4.69) is 36.5 Å². The lowest BCUT2D eigenvalue weighted by Crippen LogP contribution is -2.58. The summed E-state index contributed by atoms with van der Waals surface area (Å²) in [6.45, 7) is 5.91. The van der Waals surface area contributed by atoms with Crippen molar-refractivity contribution in [3.8, 4) is 0 Å². The number of rotatable bonds is 4. The lowest BCUT2D eigenvalue weighted by molar-refractivity contribution is -0.149. The van der Waals surface area contributed by atoms with Gasteiger partial charge in [0.2, 0.25) is 0 Å². The van der Waals surface area contributed by atoms with Crippen LogP contribution in [0.1, 0.15) is 31.0 Å². The Hall–Kier alpha value is -0.940. The number of aliphatic hydroxyl groups is 2. The first-order chi connectivity index (χ1) is 9.08. The average Bonchev–Trinajstić information content (AvgIpc) is 2.47. The van der Waals surface area contributed by atoms with Crippen molar-refractivity contribution in [1.82, 2.24) is 10.2 Å². The van der Waals surface area contributed by atoms with Crippen molar-refractivity contribution in [2.45, 2.75) is 32.0 Å². The molecule has 0 amide bonds. The predicted molar refractivity (Wildman–Crippen MR) is 75.8 cm³/mol. The van der Waals surface area contributed by atoms with Crippen LogP contribution in [0.25, 0.3) is 0 Å². The summed E-state index contributed by atoms with van der Waals surface area (Å²) in [5.41, 5.74) is 1.32. The van der Waals surface area contributed by atoms with Gasteiger partial charge < -0.3 is 15.5 Å². The van der Waals surface area contributed by atoms with Gasteiger partial charge in [-0.1, -0.05) is 31.2 Å². The van der Waals surface area contributed by atoms with Gasteiger partial charge in [-0.3, -0.25) is 4.90 Å². The van der Waals surface area contributed by atoms with Crippen LogP contribution in [-0.2, 0) is 6.42 Å². The molecule has 0 bridgehead atoms. The predicted octanol–water partition coefficient (Wildman–Crippen LogP) is 0.896. The first-order valence-electron chi connectivity index (χ1n) is 6.98. The number of benzene rings is 1. The summed E-state index contributed by atoms with van der Waals surface area (Å²) in [7, 11) is 0. The van der Waals surface area contributed by atoms with Crippen molar-refractivity contribution in [1.29, 1.82) is 0 Å². The molecule has 0 radical (unpaired) electrons. The highest BCUT2D eigenvalue weighted by molar-refractivity contribution is 5.26. The van der Waals surface area contributed by atoms with Crippen LogP contribution in [0.4, 0.5) is 0 Å². The molecule has 0 saturated carbocycles. The van der Waals surface area contributed by atoms with Crippen LogP contribution in [0.15, 0.2) is 24.3 Å². The van der Waals surface area contributed by atoms with Gasteiger partial charge >= 0.3 is 0 Å². The van der Waals surface area contributed by atoms with Crippen LogP contribution in [0, 0.1) is 0 Å². The minimum absolute atomic E-state index is 0.0989. The number of aliphatic hydroxyl groups excluding tert-OH is 1. The average molecular weight is 264 g/mol. The van der Waals surface area contributed by atoms with Crippen LogP contribution in [-0.4, -0.2) is 47.1 Å². The van der Waals surface area contributed by atoms with Gasteiger partial charge in [-0.05, 0) is 24.5 Å². The molecule has 2 atom stereocenters. The standard InChI is InChI=1S/C15H24N2O2/c1-3-12-4-6-13(7-5-12)14-10-16-8-9-17(14)15(2,19)11-18/h4-7,14,16,18-19H,3,8-11H2,1-2H3. The molecular formula is C15H24N2O2. The largest absolute Gasteiger partial charge is 0.392 e. The van der Waals surface area contributed by atoms with Crippen LogP contribution >= 0.6 is 0 Å². The summed E-state index contributed by atoms with van der Waals surface area (Å²) in [5.74, 6) is 0. The third-order valence-corrected chi connectivity index (χ3v) is 3.93. The lowest BCUT2D eigenvalue weighted by Gasteiger charge is -2.44. The van der Waals surface area contributed by atoms with Crippen molar-refractivity contribution in [3.63, 3.8) is 0 Å². The Kier molecular flexibility index (Phi) is 4.58. The molecule has 106 valence electrons. The Bertz CT molecular complexity index is 403. The van der Waals surface area contributed by atoms with E-state index in [-0.39, 0.29) is 12.6 Å². The highest BCUT2D eigenvalue weighted by atomic mass is 16.3. The molecule has 1 heterocycles. The van der Waals surface area contributed by atoms with E-state index in [1.165, 1.54) is 11.1 Å². The summed E-state index contributed by atoms with van der Waals surface area (Å²) in [6, 6.07) is 8.61. The minimum atomic E-state index is -1.17. The van der Waals surface area contributed by atoms with Gasteiger partial charge in [-0.15, -0.1) is 0 Å². The second-order valence-corrected chi connectivity index (χ2v) is 5.38. The van der Waals surface area contributed by atoms with E-state index in [0.717, 1.165) is 26.1 Å². The van der Waals surface area contributed by atoms with Crippen molar-refractivity contribution >= 4 is 0 Å². The topological polar surface area (TPSA) is 55.7 Å². The van der Waals surface area contributed by atoms with E-state index in [1.54, 1.807) is 6.92 Å². The van der Waals surface area contributed by atoms with Crippen LogP contribution < -0.4 is 5.32 Å². The summed E-state index contributed by atoms with van der Waals surface area (Å²) in [6.07, 6.45) is 1.03. The summed E-state index contributed by atoms with van der Waals surface area (Å²) in [4.78, 5) is 1.98. The minimum Gasteiger partial charge on any atom is -0.392 e. The Labute approximate surface area is 115 Å². The number of nitrogens with zero attached hydrogens (tertiary/aromatic N) is 1. The maximum atomic E-state index is 10.3. The number of piperazine rings is 1. The number of nitrogens with one attached hydrogen (secondary N) is 1. The van der Waals surface area contributed by atoms with Crippen LogP contribution in [0.5, 0.6) is 0 Å². The molecular weight excluding hydrogens is 240 g/mol. The van der Waals surface area contributed by atoms with Crippen molar-refractivity contribution in [2.75, 3.05) is 26.2 Å². The Morgan fingerprint density at radius 1 is 1.37 bits per heavy atom. The maximum absolute atomic E-state index is 10.3. The zero-order valence-electron chi connectivity index (χ0n) is 11.8. The highest BCUT2D eigenvalue weighted by Gasteiger charge is 2.36. The molecule has 4 heteroatoms. The van der Waals surface area contributed by atoms with Gasteiger partial charge in [-0.25, -0.2) is 0 Å². The molecule has 1 aromatic rings. The maximum Gasteiger partial charge on any atom is 0.139 e. The third kappa shape index (κ3) is 3.15. The van der Waals surface area contributed by atoms with E-state index in [0.29, 0.717) is 0 Å². The van der Waals surface area contributed by atoms with E-state index in [1.807, 2.05) is 4.90 Å². The first-order valence-corrected chi connectivity index (χ1v) is 6.98. The molecule has 1 saturated heterocycles. The molecule has 0 aromatic heterocycles. The fourth-order valence-electron chi connectivity index (χ4n) is 2.65. The fraction of sp³-hybridized carbons (Fsp3) is 0.600. The number of hydrogen-bond acceptors (Lipinski definition) is 4. The van der Waals surface area contributed by atoms with Crippen molar-refractivity contribution in [3.05, 3.63) is 35.4 Å². The van der Waals surface area contributed by atoms with E-state index >= 15 is 0 Å². The molecule has 1 aliphatic heterocycles. The van der Waals surface area contributed by atoms with Crippen LogP contribution in [0.2, 0.25) is 0 Å². The monoisotopic (exact) mass is 264 g/mol. The molecule has 2 rings (SSSR count). The molecule has 0 aliphatic carbocycles. The second kappa shape index (κ2) is 6.01. The molecule has 1 fully saturated rings. The quantitative estimate of drug-likeness (QED) is 0.756. The van der Waals surface area contributed by atoms with Gasteiger partial charge in [0.15, 0.2) is 0 Å². The molecule has 19 heavy (non-hydrogen) atoms. The molecule has 4 nitrogen and oxygen atoms in total. The number of hydrogen-bond donors (Lipinski definition) is 3. The number of aryl methyl sites for hydroxylation is 1. The van der Waals surface area contributed by atoms with Gasteiger partial charge in [0.1, 0.15) is 5.72 Å². The summed E-state index contributed by atoms with van der Waals surface area (Å²) >= 11 is 0.